The number of hydrogen-bond acceptors (Lipinski definition) is 6. The van der Waals surface area contributed by atoms with Crippen molar-refractivity contribution in [2.45, 2.75) is 25.3 Å². The summed E-state index contributed by atoms with van der Waals surface area (Å²) in [6.45, 7) is 0. The quantitative estimate of drug-likeness (QED) is 0.482. The monoisotopic (exact) mass is 391 g/mol. The van der Waals surface area contributed by atoms with Gasteiger partial charge in [0.2, 0.25) is 0 Å². The molecule has 146 valence electrons. The molecular formula is C21H18FN5O2. The number of anilines is 1. The van der Waals surface area contributed by atoms with E-state index in [9.17, 15) is 14.6 Å². The van der Waals surface area contributed by atoms with Crippen LogP contribution in [0.3, 0.4) is 0 Å². The van der Waals surface area contributed by atoms with E-state index in [0.717, 1.165) is 36.5 Å². The number of fused-ring (bicyclic) bond motifs is 2. The fourth-order valence-electron chi connectivity index (χ4n) is 4.14. The Balaban J connectivity index is 1.77. The van der Waals surface area contributed by atoms with Crippen LogP contribution in [-0.2, 0) is 6.42 Å². The van der Waals surface area contributed by atoms with E-state index in [2.05, 4.69) is 9.97 Å². The number of hydrogen-bond donors (Lipinski definition) is 3. The van der Waals surface area contributed by atoms with Crippen molar-refractivity contribution in [2.24, 2.45) is 0 Å². The molecule has 0 saturated heterocycles. The topological polar surface area (TPSA) is 110 Å². The van der Waals surface area contributed by atoms with Gasteiger partial charge in [-0.05, 0) is 54.7 Å². The molecule has 0 spiro atoms. The molecule has 0 aliphatic heterocycles. The predicted molar refractivity (Wildman–Crippen MR) is 106 cm³/mol. The molecule has 4 aromatic rings. The van der Waals surface area contributed by atoms with Gasteiger partial charge in [0, 0.05) is 11.6 Å². The van der Waals surface area contributed by atoms with Gasteiger partial charge in [0.25, 0.3) is 0 Å². The van der Waals surface area contributed by atoms with E-state index in [1.165, 1.54) is 18.5 Å². The molecule has 2 aromatic carbocycles. The van der Waals surface area contributed by atoms with Gasteiger partial charge in [0.15, 0.2) is 5.65 Å². The number of benzene rings is 2. The molecule has 0 amide bonds. The second-order valence-electron chi connectivity index (χ2n) is 7.24. The van der Waals surface area contributed by atoms with Gasteiger partial charge in [-0.2, -0.15) is 5.10 Å². The summed E-state index contributed by atoms with van der Waals surface area (Å²) in [5, 5.41) is 25.1. The Morgan fingerprint density at radius 1 is 1.07 bits per heavy atom. The van der Waals surface area contributed by atoms with E-state index < -0.39 is 5.82 Å². The van der Waals surface area contributed by atoms with Crippen LogP contribution < -0.4 is 5.73 Å². The summed E-state index contributed by atoms with van der Waals surface area (Å²) < 4.78 is 15.7. The molecule has 1 atom stereocenters. The number of nitrogens with two attached hydrogens (primary N) is 1. The maximum Gasteiger partial charge on any atom is 0.164 e. The highest BCUT2D eigenvalue weighted by molar-refractivity contribution is 5.98. The van der Waals surface area contributed by atoms with Crippen LogP contribution in [0.4, 0.5) is 10.2 Å². The molecule has 0 fully saturated rings. The molecule has 5 rings (SSSR count). The second-order valence-corrected chi connectivity index (χ2v) is 7.24. The molecular weight excluding hydrogens is 373 g/mol. The van der Waals surface area contributed by atoms with Crippen molar-refractivity contribution in [3.63, 3.8) is 0 Å². The number of aromatic nitrogens is 4. The molecule has 0 saturated carbocycles. The van der Waals surface area contributed by atoms with E-state index in [1.54, 1.807) is 16.8 Å². The zero-order chi connectivity index (χ0) is 20.1. The fraction of sp³-hybridized carbons (Fsp3) is 0.190. The average molecular weight is 391 g/mol. The van der Waals surface area contributed by atoms with Gasteiger partial charge in [0.05, 0.1) is 11.4 Å². The summed E-state index contributed by atoms with van der Waals surface area (Å²) in [6.07, 6.45) is 4.06. The number of phenols is 2. The Morgan fingerprint density at radius 3 is 2.76 bits per heavy atom. The summed E-state index contributed by atoms with van der Waals surface area (Å²) in [6, 6.07) is 8.97. The van der Waals surface area contributed by atoms with Crippen molar-refractivity contribution in [3.05, 3.63) is 59.7 Å². The van der Waals surface area contributed by atoms with E-state index in [0.29, 0.717) is 22.3 Å². The van der Waals surface area contributed by atoms with Gasteiger partial charge >= 0.3 is 0 Å². The molecule has 2 aromatic heterocycles. The normalized spacial score (nSPS) is 16.1. The van der Waals surface area contributed by atoms with Gasteiger partial charge in [-0.3, -0.25) is 0 Å². The Morgan fingerprint density at radius 2 is 1.93 bits per heavy atom. The Labute approximate surface area is 165 Å². The first kappa shape index (κ1) is 17.4. The maximum absolute atomic E-state index is 13.9. The zero-order valence-corrected chi connectivity index (χ0v) is 15.4. The zero-order valence-electron chi connectivity index (χ0n) is 15.4. The largest absolute Gasteiger partial charge is 0.508 e. The van der Waals surface area contributed by atoms with E-state index in [1.807, 2.05) is 6.07 Å². The number of phenolic OH excluding ortho intramolecular Hbond substituents is 2. The van der Waals surface area contributed by atoms with Crippen LogP contribution in [0.25, 0.3) is 22.3 Å². The first-order chi connectivity index (χ1) is 14.0. The highest BCUT2D eigenvalue weighted by atomic mass is 19.1. The average Bonchev–Trinajstić information content (AvgIpc) is 3.08. The van der Waals surface area contributed by atoms with Crippen molar-refractivity contribution in [1.82, 2.24) is 19.7 Å². The van der Waals surface area contributed by atoms with Crippen LogP contribution in [0.5, 0.6) is 11.5 Å². The lowest BCUT2D eigenvalue weighted by Gasteiger charge is -2.26. The van der Waals surface area contributed by atoms with Crippen LogP contribution in [0, 0.1) is 5.82 Å². The van der Waals surface area contributed by atoms with Gasteiger partial charge in [-0.25, -0.2) is 19.0 Å². The van der Waals surface area contributed by atoms with Crippen molar-refractivity contribution in [2.75, 3.05) is 5.73 Å². The summed E-state index contributed by atoms with van der Waals surface area (Å²) >= 11 is 0. The van der Waals surface area contributed by atoms with Crippen molar-refractivity contribution in [3.8, 4) is 22.8 Å². The minimum atomic E-state index is -0.578. The van der Waals surface area contributed by atoms with Crippen molar-refractivity contribution < 1.29 is 14.6 Å². The van der Waals surface area contributed by atoms with Crippen LogP contribution in [-0.4, -0.2) is 30.0 Å². The Bertz CT molecular complexity index is 1230. The molecule has 8 heteroatoms. The molecule has 4 N–H and O–H groups in total. The SMILES string of the molecule is Nc1ncnc2c1c(-c1cc(O)cc(F)c1)nn2C1CCCc2ccc(O)cc21. The summed E-state index contributed by atoms with van der Waals surface area (Å²) in [7, 11) is 0. The van der Waals surface area contributed by atoms with Gasteiger partial charge in [-0.15, -0.1) is 0 Å². The van der Waals surface area contributed by atoms with E-state index in [-0.39, 0.29) is 23.4 Å². The third-order valence-electron chi connectivity index (χ3n) is 5.38. The van der Waals surface area contributed by atoms with Crippen LogP contribution in [0.1, 0.15) is 30.0 Å². The lowest BCUT2D eigenvalue weighted by molar-refractivity contribution is 0.446. The smallest absolute Gasteiger partial charge is 0.164 e. The summed E-state index contributed by atoms with van der Waals surface area (Å²) in [5.74, 6) is -0.361. The van der Waals surface area contributed by atoms with E-state index in [4.69, 9.17) is 10.8 Å². The standard InChI is InChI=1S/C21H18FN5O2/c22-13-6-12(7-15(29)8-13)19-18-20(23)24-10-25-21(18)27(26-19)17-3-1-2-11-4-5-14(28)9-16(11)17/h4-10,17,28-29H,1-3H2,(H2,23,24,25). The number of aromatic hydroxyl groups is 2. The highest BCUT2D eigenvalue weighted by Gasteiger charge is 2.27. The first-order valence-electron chi connectivity index (χ1n) is 9.31. The first-order valence-corrected chi connectivity index (χ1v) is 9.31. The Kier molecular flexibility index (Phi) is 3.87. The summed E-state index contributed by atoms with van der Waals surface area (Å²) in [5.41, 5.74) is 9.57. The van der Waals surface area contributed by atoms with Crippen molar-refractivity contribution in [1.29, 1.82) is 0 Å². The number of rotatable bonds is 2. The minimum absolute atomic E-state index is 0.154. The third-order valence-corrected chi connectivity index (χ3v) is 5.38. The molecule has 7 nitrogen and oxygen atoms in total. The maximum atomic E-state index is 13.9. The van der Waals surface area contributed by atoms with Crippen LogP contribution in [0.15, 0.2) is 42.7 Å². The van der Waals surface area contributed by atoms with Crippen LogP contribution in [0.2, 0.25) is 0 Å². The molecule has 1 aliphatic rings. The lowest BCUT2D eigenvalue weighted by Crippen LogP contribution is -2.18. The molecule has 0 bridgehead atoms. The number of aryl methyl sites for hydroxylation is 1. The number of nitrogens with zero attached hydrogens (tertiary/aromatic N) is 4. The lowest BCUT2D eigenvalue weighted by atomic mass is 9.87. The molecule has 2 heterocycles. The molecule has 1 aliphatic carbocycles. The number of halogens is 1. The summed E-state index contributed by atoms with van der Waals surface area (Å²) in [4.78, 5) is 8.47. The van der Waals surface area contributed by atoms with Gasteiger partial charge in [-0.1, -0.05) is 6.07 Å². The molecule has 1 unspecified atom stereocenters. The highest BCUT2D eigenvalue weighted by Crippen LogP contribution is 2.39. The van der Waals surface area contributed by atoms with Gasteiger partial charge < -0.3 is 15.9 Å². The molecule has 0 radical (unpaired) electrons. The minimum Gasteiger partial charge on any atom is -0.508 e. The number of nitrogen functional groups attached to an aromatic ring is 1. The second kappa shape index (κ2) is 6.44. The molecule has 29 heavy (non-hydrogen) atoms. The third kappa shape index (κ3) is 2.84. The van der Waals surface area contributed by atoms with Crippen LogP contribution >= 0.6 is 0 Å². The Hall–Kier alpha value is -3.68. The van der Waals surface area contributed by atoms with Gasteiger partial charge in [0.1, 0.15) is 35.2 Å². The predicted octanol–water partition coefficient (Wildman–Crippen LogP) is 3.55. The van der Waals surface area contributed by atoms with Crippen molar-refractivity contribution >= 4 is 16.9 Å². The fourth-order valence-corrected chi connectivity index (χ4v) is 4.14. The van der Waals surface area contributed by atoms with E-state index >= 15 is 0 Å².